The fourth-order valence-electron chi connectivity index (χ4n) is 4.66. The number of nitrogens with one attached hydrogen (secondary N) is 1. The Balaban J connectivity index is 1.43. The third-order valence-corrected chi connectivity index (χ3v) is 7.02. The van der Waals surface area contributed by atoms with E-state index in [0.717, 1.165) is 42.1 Å². The number of aryl methyl sites for hydroxylation is 1. The average molecular weight is 446 g/mol. The van der Waals surface area contributed by atoms with Crippen LogP contribution in [0.1, 0.15) is 40.7 Å². The molecule has 3 aromatic carbocycles. The van der Waals surface area contributed by atoms with Gasteiger partial charge in [0.15, 0.2) is 5.75 Å². The van der Waals surface area contributed by atoms with Crippen molar-refractivity contribution >= 4 is 22.4 Å². The highest BCUT2D eigenvalue weighted by atomic mass is 16.6. The minimum absolute atomic E-state index is 0.110. The Kier molecular flexibility index (Phi) is 5.29. The number of nitrogens with zero attached hydrogens (tertiary/aromatic N) is 2. The highest BCUT2D eigenvalue weighted by Gasteiger charge is 2.46. The largest absolute Gasteiger partial charge is 0.485 e. The van der Waals surface area contributed by atoms with Crippen molar-refractivity contribution in [2.75, 3.05) is 20.2 Å². The van der Waals surface area contributed by atoms with Crippen LogP contribution in [0.4, 0.5) is 5.69 Å². The first-order chi connectivity index (χ1) is 15.9. The second kappa shape index (κ2) is 8.15. The van der Waals surface area contributed by atoms with Crippen molar-refractivity contribution in [1.82, 2.24) is 10.2 Å². The topological polar surface area (TPSA) is 84.7 Å². The molecule has 170 valence electrons. The SMILES string of the molecule is Cc1cc([N+](=O)[O-])c(OCC2CCN2C)cc1C(=O)NC1(c2cccc3ccccc23)CC1. The van der Waals surface area contributed by atoms with E-state index in [4.69, 9.17) is 4.74 Å². The van der Waals surface area contributed by atoms with Crippen LogP contribution in [0, 0.1) is 17.0 Å². The number of hydrogen-bond acceptors (Lipinski definition) is 5. The second-order valence-electron chi connectivity index (χ2n) is 9.19. The van der Waals surface area contributed by atoms with Gasteiger partial charge in [0.25, 0.3) is 5.91 Å². The van der Waals surface area contributed by atoms with Gasteiger partial charge in [0.2, 0.25) is 0 Å². The minimum Gasteiger partial charge on any atom is -0.485 e. The van der Waals surface area contributed by atoms with Crippen LogP contribution in [0.2, 0.25) is 0 Å². The van der Waals surface area contributed by atoms with Crippen LogP contribution in [-0.4, -0.2) is 42.0 Å². The monoisotopic (exact) mass is 445 g/mol. The van der Waals surface area contributed by atoms with E-state index in [1.165, 1.54) is 12.1 Å². The Morgan fingerprint density at radius 3 is 2.64 bits per heavy atom. The molecule has 2 aliphatic rings. The summed E-state index contributed by atoms with van der Waals surface area (Å²) < 4.78 is 5.84. The van der Waals surface area contributed by atoms with Crippen LogP contribution >= 0.6 is 0 Å². The van der Waals surface area contributed by atoms with E-state index in [1.54, 1.807) is 6.92 Å². The molecule has 1 unspecified atom stereocenters. The van der Waals surface area contributed by atoms with Gasteiger partial charge in [-0.15, -0.1) is 0 Å². The number of ether oxygens (including phenoxy) is 1. The molecule has 2 fully saturated rings. The summed E-state index contributed by atoms with van der Waals surface area (Å²) in [6, 6.07) is 17.5. The number of nitro benzene ring substituents is 1. The van der Waals surface area contributed by atoms with Crippen molar-refractivity contribution in [2.24, 2.45) is 0 Å². The molecule has 33 heavy (non-hydrogen) atoms. The van der Waals surface area contributed by atoms with Crippen LogP contribution in [0.3, 0.4) is 0 Å². The molecule has 1 aliphatic heterocycles. The maximum absolute atomic E-state index is 13.4. The third-order valence-electron chi connectivity index (χ3n) is 7.02. The molecule has 1 aliphatic carbocycles. The molecule has 1 atom stereocenters. The number of nitro groups is 1. The van der Waals surface area contributed by atoms with Gasteiger partial charge in [-0.25, -0.2) is 0 Å². The lowest BCUT2D eigenvalue weighted by Gasteiger charge is -2.37. The van der Waals surface area contributed by atoms with Crippen LogP contribution < -0.4 is 10.1 Å². The summed E-state index contributed by atoms with van der Waals surface area (Å²) in [5, 5.41) is 17.1. The van der Waals surface area contributed by atoms with Gasteiger partial charge in [-0.1, -0.05) is 42.5 Å². The molecule has 1 amide bonds. The van der Waals surface area contributed by atoms with E-state index in [9.17, 15) is 14.9 Å². The number of fused-ring (bicyclic) bond motifs is 1. The van der Waals surface area contributed by atoms with Gasteiger partial charge in [-0.2, -0.15) is 0 Å². The van der Waals surface area contributed by atoms with Gasteiger partial charge in [0.1, 0.15) is 6.61 Å². The number of carbonyl (C=O) groups excluding carboxylic acids is 1. The van der Waals surface area contributed by atoms with E-state index in [-0.39, 0.29) is 23.4 Å². The predicted molar refractivity (Wildman–Crippen MR) is 127 cm³/mol. The first-order valence-corrected chi connectivity index (χ1v) is 11.3. The van der Waals surface area contributed by atoms with E-state index in [2.05, 4.69) is 34.5 Å². The van der Waals surface area contributed by atoms with Crippen LogP contribution in [-0.2, 0) is 5.54 Å². The van der Waals surface area contributed by atoms with Gasteiger partial charge < -0.3 is 10.1 Å². The molecule has 5 rings (SSSR count). The van der Waals surface area contributed by atoms with Crippen molar-refractivity contribution in [3.8, 4) is 5.75 Å². The van der Waals surface area contributed by atoms with Crippen LogP contribution in [0.25, 0.3) is 10.8 Å². The lowest BCUT2D eigenvalue weighted by atomic mass is 9.96. The molecule has 1 saturated carbocycles. The predicted octanol–water partition coefficient (Wildman–Crippen LogP) is 4.56. The molecule has 0 radical (unpaired) electrons. The summed E-state index contributed by atoms with van der Waals surface area (Å²) in [7, 11) is 2.00. The zero-order valence-electron chi connectivity index (χ0n) is 18.8. The van der Waals surface area contributed by atoms with Crippen molar-refractivity contribution in [2.45, 2.75) is 37.8 Å². The van der Waals surface area contributed by atoms with Gasteiger partial charge in [0, 0.05) is 23.7 Å². The lowest BCUT2D eigenvalue weighted by Crippen LogP contribution is -2.48. The molecule has 0 bridgehead atoms. The van der Waals surface area contributed by atoms with Crippen LogP contribution in [0.5, 0.6) is 5.75 Å². The normalized spacial score (nSPS) is 19.0. The fourth-order valence-corrected chi connectivity index (χ4v) is 4.66. The van der Waals surface area contributed by atoms with Crippen molar-refractivity contribution < 1.29 is 14.5 Å². The second-order valence-corrected chi connectivity index (χ2v) is 9.19. The lowest BCUT2D eigenvalue weighted by molar-refractivity contribution is -0.386. The molecular formula is C26H27N3O4. The molecule has 0 spiro atoms. The standard InChI is InChI=1S/C26H27N3O4/c1-17-14-23(29(31)32)24(33-16-19-10-13-28(19)2)15-21(17)25(30)27-26(11-12-26)22-9-5-7-18-6-3-4-8-20(18)22/h3-9,14-15,19H,10-13,16H2,1-2H3,(H,27,30). The number of carbonyl (C=O) groups is 1. The Morgan fingerprint density at radius 2 is 1.97 bits per heavy atom. The number of hydrogen-bond donors (Lipinski definition) is 1. The molecule has 0 aromatic heterocycles. The van der Waals surface area contributed by atoms with Crippen LogP contribution in [0.15, 0.2) is 54.6 Å². The maximum Gasteiger partial charge on any atom is 0.311 e. The summed E-state index contributed by atoms with van der Waals surface area (Å²) in [5.41, 5.74) is 1.55. The van der Waals surface area contributed by atoms with Crippen molar-refractivity contribution in [1.29, 1.82) is 0 Å². The first kappa shape index (κ1) is 21.4. The summed E-state index contributed by atoms with van der Waals surface area (Å²) in [6.45, 7) is 3.08. The van der Waals surface area contributed by atoms with Gasteiger partial charge in [0.05, 0.1) is 10.5 Å². The van der Waals surface area contributed by atoms with Gasteiger partial charge in [-0.3, -0.25) is 19.8 Å². The Hall–Kier alpha value is -3.45. The van der Waals surface area contributed by atoms with E-state index >= 15 is 0 Å². The average Bonchev–Trinajstić information content (AvgIpc) is 3.58. The number of amides is 1. The summed E-state index contributed by atoms with van der Waals surface area (Å²) >= 11 is 0. The summed E-state index contributed by atoms with van der Waals surface area (Å²) in [4.78, 5) is 26.7. The van der Waals surface area contributed by atoms with Gasteiger partial charge in [-0.05, 0) is 61.7 Å². The Labute approximate surface area is 192 Å². The number of benzene rings is 3. The number of rotatable bonds is 7. The highest BCUT2D eigenvalue weighted by Crippen LogP contribution is 2.48. The Bertz CT molecular complexity index is 1250. The summed E-state index contributed by atoms with van der Waals surface area (Å²) in [6.07, 6.45) is 2.71. The number of likely N-dealkylation sites (N-methyl/N-ethyl adjacent to an activating group) is 1. The quantitative estimate of drug-likeness (QED) is 0.426. The molecular weight excluding hydrogens is 418 g/mol. The zero-order chi connectivity index (χ0) is 23.2. The smallest absolute Gasteiger partial charge is 0.311 e. The van der Waals surface area contributed by atoms with E-state index in [1.807, 2.05) is 25.2 Å². The molecule has 1 saturated heterocycles. The van der Waals surface area contributed by atoms with E-state index < -0.39 is 10.5 Å². The van der Waals surface area contributed by atoms with E-state index in [0.29, 0.717) is 17.7 Å². The van der Waals surface area contributed by atoms with Crippen molar-refractivity contribution in [3.05, 3.63) is 81.4 Å². The molecule has 3 aromatic rings. The first-order valence-electron chi connectivity index (χ1n) is 11.3. The molecule has 1 heterocycles. The molecule has 7 heteroatoms. The molecule has 1 N–H and O–H groups in total. The Morgan fingerprint density at radius 1 is 1.21 bits per heavy atom. The minimum atomic E-state index is -0.451. The highest BCUT2D eigenvalue weighted by molar-refractivity contribution is 5.98. The maximum atomic E-state index is 13.4. The number of likely N-dealkylation sites (tertiary alicyclic amines) is 1. The fraction of sp³-hybridized carbons (Fsp3) is 0.346. The van der Waals surface area contributed by atoms with Crippen molar-refractivity contribution in [3.63, 3.8) is 0 Å². The zero-order valence-corrected chi connectivity index (χ0v) is 18.8. The van der Waals surface area contributed by atoms with Gasteiger partial charge >= 0.3 is 5.69 Å². The summed E-state index contributed by atoms with van der Waals surface area (Å²) in [5.74, 6) is -0.0931. The third kappa shape index (κ3) is 3.93. The molecule has 7 nitrogen and oxygen atoms in total.